The van der Waals surface area contributed by atoms with Crippen molar-refractivity contribution in [3.63, 3.8) is 0 Å². The molecule has 0 nitrogen and oxygen atoms in total. The fourth-order valence-electron chi connectivity index (χ4n) is 1.63. The van der Waals surface area contributed by atoms with Crippen LogP contribution in [0.5, 0.6) is 0 Å². The Balaban J connectivity index is 2.99. The summed E-state index contributed by atoms with van der Waals surface area (Å²) in [7, 11) is 0. The van der Waals surface area contributed by atoms with E-state index in [-0.39, 0.29) is 0 Å². The van der Waals surface area contributed by atoms with Gasteiger partial charge >= 0.3 is 0 Å². The molecule has 0 aliphatic rings. The molecule has 0 amide bonds. The van der Waals surface area contributed by atoms with Crippen molar-refractivity contribution < 1.29 is 0 Å². The first-order valence-corrected chi connectivity index (χ1v) is 7.47. The van der Waals surface area contributed by atoms with Gasteiger partial charge in [-0.15, -0.1) is 23.4 Å². The van der Waals surface area contributed by atoms with Crippen LogP contribution in [-0.2, 0) is 0 Å². The van der Waals surface area contributed by atoms with Crippen LogP contribution in [0.25, 0.3) is 0 Å². The van der Waals surface area contributed by atoms with Gasteiger partial charge in [-0.05, 0) is 19.3 Å². The third-order valence-electron chi connectivity index (χ3n) is 2.72. The van der Waals surface area contributed by atoms with Gasteiger partial charge in [-0.2, -0.15) is 0 Å². The molecule has 94 valence electrons. The van der Waals surface area contributed by atoms with E-state index in [1.54, 1.807) is 0 Å². The van der Waals surface area contributed by atoms with Crippen molar-refractivity contribution >= 4 is 11.6 Å². The highest BCUT2D eigenvalue weighted by Crippen LogP contribution is 2.08. The number of hydrogen-bond acceptors (Lipinski definition) is 0. The first-order chi connectivity index (χ1) is 7.91. The van der Waals surface area contributed by atoms with Crippen molar-refractivity contribution in [3.05, 3.63) is 0 Å². The van der Waals surface area contributed by atoms with Crippen molar-refractivity contribution in [2.24, 2.45) is 0 Å². The number of alkyl halides is 1. The lowest BCUT2D eigenvalue weighted by molar-refractivity contribution is 0.595. The molecule has 0 heterocycles. The second kappa shape index (κ2) is 14.8. The minimum absolute atomic E-state index is 0.827. The minimum atomic E-state index is 0.827. The summed E-state index contributed by atoms with van der Waals surface area (Å²) in [5, 5.41) is 0. The van der Waals surface area contributed by atoms with Crippen molar-refractivity contribution in [1.82, 2.24) is 0 Å². The molecule has 0 aromatic carbocycles. The number of rotatable bonds is 10. The summed E-state index contributed by atoms with van der Waals surface area (Å²) in [5.41, 5.74) is 0. The Hall–Kier alpha value is -0.150. The number of unbranched alkanes of at least 4 members (excludes halogenated alkanes) is 9. The maximum atomic E-state index is 5.62. The smallest absolute Gasteiger partial charge is 0.0223 e. The van der Waals surface area contributed by atoms with Crippen molar-refractivity contribution in [1.29, 1.82) is 0 Å². The molecular weight excluding hydrogens is 216 g/mol. The molecule has 16 heavy (non-hydrogen) atoms. The second-order valence-corrected chi connectivity index (χ2v) is 4.75. The number of halogens is 1. The summed E-state index contributed by atoms with van der Waals surface area (Å²) >= 11 is 5.62. The Labute approximate surface area is 107 Å². The second-order valence-electron chi connectivity index (χ2n) is 4.37. The van der Waals surface area contributed by atoms with Crippen LogP contribution in [-0.4, -0.2) is 5.88 Å². The lowest BCUT2D eigenvalue weighted by Gasteiger charge is -1.98. The molecule has 0 atom stereocenters. The molecule has 0 aliphatic carbocycles. The van der Waals surface area contributed by atoms with Gasteiger partial charge in [0.2, 0.25) is 0 Å². The highest BCUT2D eigenvalue weighted by molar-refractivity contribution is 6.17. The molecule has 0 spiro atoms. The van der Waals surface area contributed by atoms with Gasteiger partial charge in [0.05, 0.1) is 0 Å². The molecule has 0 radical (unpaired) electrons. The standard InChI is InChI=1S/C15H27Cl/c1-2-3-4-5-6-7-8-9-10-11-12-13-14-15-16/h2-4,7-15H2,1H3. The average molecular weight is 243 g/mol. The Kier molecular flexibility index (Phi) is 14.7. The van der Waals surface area contributed by atoms with Gasteiger partial charge in [0, 0.05) is 18.7 Å². The van der Waals surface area contributed by atoms with Gasteiger partial charge in [0.15, 0.2) is 0 Å². The molecule has 0 unspecified atom stereocenters. The largest absolute Gasteiger partial charge is 0.127 e. The molecule has 0 aromatic heterocycles. The summed E-state index contributed by atoms with van der Waals surface area (Å²) in [6, 6.07) is 0. The van der Waals surface area contributed by atoms with E-state index in [0.717, 1.165) is 18.7 Å². The zero-order chi connectivity index (χ0) is 11.9. The molecule has 0 saturated carbocycles. The topological polar surface area (TPSA) is 0 Å². The van der Waals surface area contributed by atoms with E-state index >= 15 is 0 Å². The van der Waals surface area contributed by atoms with Gasteiger partial charge in [-0.1, -0.05) is 45.4 Å². The van der Waals surface area contributed by atoms with E-state index < -0.39 is 0 Å². The van der Waals surface area contributed by atoms with Crippen molar-refractivity contribution in [2.75, 3.05) is 5.88 Å². The molecule has 0 rings (SSSR count). The molecular formula is C15H27Cl. The fraction of sp³-hybridized carbons (Fsp3) is 0.867. The van der Waals surface area contributed by atoms with Crippen LogP contribution in [0.3, 0.4) is 0 Å². The maximum absolute atomic E-state index is 5.62. The van der Waals surface area contributed by atoms with Crippen LogP contribution >= 0.6 is 11.6 Å². The third kappa shape index (κ3) is 13.8. The molecule has 1 heteroatoms. The summed E-state index contributed by atoms with van der Waals surface area (Å²) in [6.45, 7) is 2.21. The van der Waals surface area contributed by atoms with Crippen LogP contribution in [0.15, 0.2) is 0 Å². The predicted molar refractivity (Wildman–Crippen MR) is 75.0 cm³/mol. The lowest BCUT2D eigenvalue weighted by atomic mass is 10.1. The third-order valence-corrected chi connectivity index (χ3v) is 2.98. The molecule has 0 aromatic rings. The summed E-state index contributed by atoms with van der Waals surface area (Å²) in [5.74, 6) is 7.33. The first-order valence-electron chi connectivity index (χ1n) is 6.93. The summed E-state index contributed by atoms with van der Waals surface area (Å²) < 4.78 is 0. The Bertz CT molecular complexity index is 176. The fourth-order valence-corrected chi connectivity index (χ4v) is 1.82. The zero-order valence-corrected chi connectivity index (χ0v) is 11.6. The molecule has 0 aliphatic heterocycles. The molecule has 0 N–H and O–H groups in total. The van der Waals surface area contributed by atoms with Crippen LogP contribution in [0.1, 0.15) is 77.6 Å². The Morgan fingerprint density at radius 1 is 0.688 bits per heavy atom. The normalized spacial score (nSPS) is 9.88. The van der Waals surface area contributed by atoms with E-state index in [0.29, 0.717) is 0 Å². The maximum Gasteiger partial charge on any atom is 0.0223 e. The van der Waals surface area contributed by atoms with Crippen LogP contribution in [0.2, 0.25) is 0 Å². The van der Waals surface area contributed by atoms with Gasteiger partial charge in [0.1, 0.15) is 0 Å². The zero-order valence-electron chi connectivity index (χ0n) is 10.9. The summed E-state index contributed by atoms with van der Waals surface area (Å²) in [4.78, 5) is 0. The minimum Gasteiger partial charge on any atom is -0.127 e. The monoisotopic (exact) mass is 242 g/mol. The van der Waals surface area contributed by atoms with E-state index in [1.165, 1.54) is 57.8 Å². The van der Waals surface area contributed by atoms with Gasteiger partial charge < -0.3 is 0 Å². The highest BCUT2D eigenvalue weighted by atomic mass is 35.5. The van der Waals surface area contributed by atoms with E-state index in [1.807, 2.05) is 0 Å². The van der Waals surface area contributed by atoms with Crippen LogP contribution in [0.4, 0.5) is 0 Å². The molecule has 0 fully saturated rings. The van der Waals surface area contributed by atoms with E-state index in [4.69, 9.17) is 11.6 Å². The average Bonchev–Trinajstić information content (AvgIpc) is 2.31. The number of hydrogen-bond donors (Lipinski definition) is 0. The Morgan fingerprint density at radius 2 is 1.19 bits per heavy atom. The molecule has 0 bridgehead atoms. The van der Waals surface area contributed by atoms with Crippen LogP contribution in [0, 0.1) is 11.8 Å². The Morgan fingerprint density at radius 3 is 1.75 bits per heavy atom. The van der Waals surface area contributed by atoms with Crippen molar-refractivity contribution in [3.8, 4) is 11.8 Å². The van der Waals surface area contributed by atoms with Gasteiger partial charge in [0.25, 0.3) is 0 Å². The first kappa shape index (κ1) is 15.9. The van der Waals surface area contributed by atoms with E-state index in [2.05, 4.69) is 18.8 Å². The lowest BCUT2D eigenvalue weighted by Crippen LogP contribution is -1.81. The van der Waals surface area contributed by atoms with Crippen molar-refractivity contribution in [2.45, 2.75) is 77.6 Å². The van der Waals surface area contributed by atoms with Gasteiger partial charge in [-0.3, -0.25) is 0 Å². The SMILES string of the molecule is CCCCC#CCCCCCCCCCCl. The highest BCUT2D eigenvalue weighted by Gasteiger charge is 1.90. The summed E-state index contributed by atoms with van der Waals surface area (Å²) in [6.07, 6.45) is 13.9. The molecule has 0 saturated heterocycles. The van der Waals surface area contributed by atoms with Crippen LogP contribution < -0.4 is 0 Å². The van der Waals surface area contributed by atoms with E-state index in [9.17, 15) is 0 Å². The van der Waals surface area contributed by atoms with Gasteiger partial charge in [-0.25, -0.2) is 0 Å². The predicted octanol–water partition coefficient (Wildman–Crippen LogP) is 5.54. The quantitative estimate of drug-likeness (QED) is 0.268.